The van der Waals surface area contributed by atoms with Crippen molar-refractivity contribution in [2.75, 3.05) is 5.73 Å². The molecule has 0 saturated heterocycles. The molecule has 1 aromatic heterocycles. The summed E-state index contributed by atoms with van der Waals surface area (Å²) < 4.78 is 0. The van der Waals surface area contributed by atoms with Crippen molar-refractivity contribution < 1.29 is 9.78 Å². The first kappa shape index (κ1) is 16.8. The number of H-pyrrole nitrogens is 1. The highest BCUT2D eigenvalue weighted by Gasteiger charge is 2.23. The van der Waals surface area contributed by atoms with E-state index in [1.165, 1.54) is 17.8 Å². The number of carbonyl (C=O) groups is 1. The van der Waals surface area contributed by atoms with Crippen molar-refractivity contribution in [2.45, 2.75) is 43.5 Å². The molecule has 0 saturated carbocycles. The number of thioether (sulfide) groups is 1. The zero-order valence-electron chi connectivity index (χ0n) is 12.4. The van der Waals surface area contributed by atoms with Gasteiger partial charge in [0.1, 0.15) is 23.3 Å². The summed E-state index contributed by atoms with van der Waals surface area (Å²) in [5, 5.41) is 21.0. The van der Waals surface area contributed by atoms with Crippen LogP contribution in [0.15, 0.2) is 11.1 Å². The minimum atomic E-state index is -0.403. The number of nitrogens with zero attached hydrogens (tertiary/aromatic N) is 2. The Kier molecular flexibility index (Phi) is 5.17. The van der Waals surface area contributed by atoms with Gasteiger partial charge in [0.15, 0.2) is 5.03 Å². The second-order valence-corrected chi connectivity index (χ2v) is 6.91. The van der Waals surface area contributed by atoms with E-state index in [4.69, 9.17) is 16.3 Å². The number of carbonyl (C=O) groups excluding carboxylic acids is 1. The number of nitrogen functional groups attached to an aromatic ring is 1. The number of anilines is 1. The number of nitriles is 2. The molecule has 0 fully saturated rings. The Morgan fingerprint density at radius 1 is 1.38 bits per heavy atom. The van der Waals surface area contributed by atoms with Crippen LogP contribution < -0.4 is 16.0 Å². The van der Waals surface area contributed by atoms with Gasteiger partial charge in [-0.15, -0.1) is 0 Å². The van der Waals surface area contributed by atoms with Gasteiger partial charge in [0.2, 0.25) is 5.91 Å². The predicted molar refractivity (Wildman–Crippen MR) is 80.1 cm³/mol. The Bertz CT molecular complexity index is 636. The number of amides is 1. The van der Waals surface area contributed by atoms with Crippen LogP contribution >= 0.6 is 11.8 Å². The molecule has 110 valence electrons. The van der Waals surface area contributed by atoms with Crippen molar-refractivity contribution >= 4 is 23.5 Å². The number of hydrogen-bond acceptors (Lipinski definition) is 5. The van der Waals surface area contributed by atoms with Gasteiger partial charge >= 0.3 is 0 Å². The number of aromatic amines is 1. The van der Waals surface area contributed by atoms with Crippen molar-refractivity contribution in [1.29, 1.82) is 10.5 Å². The van der Waals surface area contributed by atoms with Crippen LogP contribution in [0.25, 0.3) is 0 Å². The first-order valence-electron chi connectivity index (χ1n) is 6.32. The van der Waals surface area contributed by atoms with Gasteiger partial charge in [0.05, 0.1) is 5.25 Å². The van der Waals surface area contributed by atoms with Crippen molar-refractivity contribution in [3.05, 3.63) is 17.2 Å². The maximum atomic E-state index is 12.1. The van der Waals surface area contributed by atoms with E-state index >= 15 is 0 Å². The van der Waals surface area contributed by atoms with Gasteiger partial charge < -0.3 is 5.32 Å². The quantitative estimate of drug-likeness (QED) is 0.814. The van der Waals surface area contributed by atoms with Crippen molar-refractivity contribution in [3.63, 3.8) is 0 Å². The Balaban J connectivity index is 2.98. The highest BCUT2D eigenvalue weighted by atomic mass is 32.2. The zero-order chi connectivity index (χ0) is 16.2. The topological polar surface area (TPSA) is 117 Å². The van der Waals surface area contributed by atoms with Crippen LogP contribution in [0.2, 0.25) is 0 Å². The summed E-state index contributed by atoms with van der Waals surface area (Å²) >= 11 is 1.20. The van der Waals surface area contributed by atoms with E-state index in [1.807, 2.05) is 32.9 Å². The van der Waals surface area contributed by atoms with Gasteiger partial charge in [0, 0.05) is 5.54 Å². The van der Waals surface area contributed by atoms with Crippen LogP contribution in [-0.2, 0) is 4.79 Å². The first-order valence-corrected chi connectivity index (χ1v) is 7.20. The SMILES string of the molecule is C[C@H](Sc1[nH+]c(N)c(C#N)cc1C#N)C(=O)NC(C)(C)C. The monoisotopic (exact) mass is 304 g/mol. The molecule has 0 bridgehead atoms. The van der Waals surface area contributed by atoms with E-state index in [-0.39, 0.29) is 22.8 Å². The number of nitrogens with two attached hydrogens (primary N) is 1. The Hall–Kier alpha value is -2.25. The summed E-state index contributed by atoms with van der Waals surface area (Å²) in [7, 11) is 0. The van der Waals surface area contributed by atoms with Crippen LogP contribution in [0.1, 0.15) is 38.8 Å². The molecule has 21 heavy (non-hydrogen) atoms. The van der Waals surface area contributed by atoms with Gasteiger partial charge in [-0.1, -0.05) is 11.8 Å². The molecule has 0 aliphatic carbocycles. The fraction of sp³-hybridized carbons (Fsp3) is 0.429. The molecule has 0 aliphatic heterocycles. The summed E-state index contributed by atoms with van der Waals surface area (Å²) in [6.07, 6.45) is 0. The predicted octanol–water partition coefficient (Wildman–Crippen LogP) is 1.22. The van der Waals surface area contributed by atoms with Crippen molar-refractivity contribution in [1.82, 2.24) is 5.32 Å². The molecule has 1 atom stereocenters. The van der Waals surface area contributed by atoms with Crippen LogP contribution in [0, 0.1) is 22.7 Å². The van der Waals surface area contributed by atoms with Gasteiger partial charge in [-0.3, -0.25) is 10.5 Å². The van der Waals surface area contributed by atoms with Crippen molar-refractivity contribution in [3.8, 4) is 12.1 Å². The average molecular weight is 304 g/mol. The van der Waals surface area contributed by atoms with Gasteiger partial charge in [-0.05, 0) is 33.8 Å². The standard InChI is InChI=1S/C14H17N5OS/c1-8(12(20)19-14(2,3)4)21-13-10(7-16)5-9(6-15)11(17)18-13/h5,8H,1-4H3,(H2,17,18)(H,19,20)/p+1/t8-/m0/s1. The fourth-order valence-corrected chi connectivity index (χ4v) is 2.43. The third kappa shape index (κ3) is 4.66. The summed E-state index contributed by atoms with van der Waals surface area (Å²) in [6.45, 7) is 7.44. The number of hydrogen-bond donors (Lipinski definition) is 2. The molecule has 7 heteroatoms. The number of pyridine rings is 1. The van der Waals surface area contributed by atoms with Crippen LogP contribution in [0.4, 0.5) is 5.82 Å². The summed E-state index contributed by atoms with van der Waals surface area (Å²) in [5.74, 6) is 0.0511. The summed E-state index contributed by atoms with van der Waals surface area (Å²) in [5.41, 5.74) is 5.89. The maximum absolute atomic E-state index is 12.1. The minimum Gasteiger partial charge on any atom is -0.351 e. The molecular weight excluding hydrogens is 286 g/mol. The molecule has 0 unspecified atom stereocenters. The number of aromatic nitrogens is 1. The smallest absolute Gasteiger partial charge is 0.289 e. The van der Waals surface area contributed by atoms with Crippen LogP contribution in [0.3, 0.4) is 0 Å². The third-order valence-corrected chi connectivity index (χ3v) is 3.60. The number of rotatable bonds is 3. The van der Waals surface area contributed by atoms with E-state index in [2.05, 4.69) is 10.3 Å². The summed E-state index contributed by atoms with van der Waals surface area (Å²) in [6, 6.07) is 5.33. The highest BCUT2D eigenvalue weighted by molar-refractivity contribution is 8.00. The second kappa shape index (κ2) is 6.47. The van der Waals surface area contributed by atoms with Gasteiger partial charge in [0.25, 0.3) is 5.82 Å². The largest absolute Gasteiger partial charge is 0.351 e. The average Bonchev–Trinajstić information content (AvgIpc) is 2.37. The molecule has 0 spiro atoms. The van der Waals surface area contributed by atoms with Crippen molar-refractivity contribution in [2.24, 2.45) is 0 Å². The summed E-state index contributed by atoms with van der Waals surface area (Å²) in [4.78, 5) is 14.9. The lowest BCUT2D eigenvalue weighted by Crippen LogP contribution is -2.44. The second-order valence-electron chi connectivity index (χ2n) is 5.56. The third-order valence-electron chi connectivity index (χ3n) is 2.47. The van der Waals surface area contributed by atoms with E-state index in [1.54, 1.807) is 6.92 Å². The molecule has 0 aliphatic rings. The molecule has 1 rings (SSSR count). The fourth-order valence-electron chi connectivity index (χ4n) is 1.51. The van der Waals surface area contributed by atoms with E-state index < -0.39 is 5.25 Å². The first-order chi connectivity index (χ1) is 9.67. The Morgan fingerprint density at radius 3 is 2.43 bits per heavy atom. The maximum Gasteiger partial charge on any atom is 0.289 e. The molecule has 0 radical (unpaired) electrons. The lowest BCUT2D eigenvalue weighted by atomic mass is 10.1. The molecule has 4 N–H and O–H groups in total. The van der Waals surface area contributed by atoms with Gasteiger partial charge in [-0.2, -0.15) is 10.5 Å². The highest BCUT2D eigenvalue weighted by Crippen LogP contribution is 2.24. The zero-order valence-corrected chi connectivity index (χ0v) is 13.3. The normalized spacial score (nSPS) is 12.1. The van der Waals surface area contributed by atoms with Gasteiger partial charge in [-0.25, -0.2) is 4.98 Å². The minimum absolute atomic E-state index is 0.132. The molecule has 1 heterocycles. The lowest BCUT2D eigenvalue weighted by Gasteiger charge is -2.22. The molecular formula is C14H18N5OS+. The molecule has 1 amide bonds. The Morgan fingerprint density at radius 2 is 1.95 bits per heavy atom. The number of nitrogens with one attached hydrogen (secondary N) is 2. The van der Waals surface area contributed by atoms with E-state index in [0.29, 0.717) is 10.6 Å². The van der Waals surface area contributed by atoms with Crippen LogP contribution in [-0.4, -0.2) is 16.7 Å². The van der Waals surface area contributed by atoms with E-state index in [0.717, 1.165) is 0 Å². The van der Waals surface area contributed by atoms with E-state index in [9.17, 15) is 4.79 Å². The molecule has 1 aromatic rings. The Labute approximate surface area is 128 Å². The van der Waals surface area contributed by atoms with Crippen LogP contribution in [0.5, 0.6) is 0 Å². The lowest BCUT2D eigenvalue weighted by molar-refractivity contribution is -0.410. The molecule has 6 nitrogen and oxygen atoms in total. The molecule has 0 aromatic carbocycles.